The van der Waals surface area contributed by atoms with Crippen LogP contribution in [0.2, 0.25) is 0 Å². The fourth-order valence-electron chi connectivity index (χ4n) is 5.53. The van der Waals surface area contributed by atoms with E-state index in [1.807, 2.05) is 29.9 Å². The van der Waals surface area contributed by atoms with Crippen molar-refractivity contribution in [1.29, 1.82) is 0 Å². The van der Waals surface area contributed by atoms with Gasteiger partial charge in [-0.05, 0) is 48.2 Å². The summed E-state index contributed by atoms with van der Waals surface area (Å²) in [5, 5.41) is 11.8. The van der Waals surface area contributed by atoms with Crippen molar-refractivity contribution in [3.05, 3.63) is 83.7 Å². The Bertz CT molecular complexity index is 1050. The number of piperidine rings is 1. The predicted molar refractivity (Wildman–Crippen MR) is 120 cm³/mol. The average Bonchev–Trinajstić information content (AvgIpc) is 3.21. The van der Waals surface area contributed by atoms with Crippen molar-refractivity contribution in [1.82, 2.24) is 14.5 Å². The third kappa shape index (κ3) is 4.05. The number of fused-ring (bicyclic) bond motifs is 2. The first-order chi connectivity index (χ1) is 15.5. The van der Waals surface area contributed by atoms with Crippen molar-refractivity contribution < 1.29 is 14.2 Å². The van der Waals surface area contributed by atoms with Crippen LogP contribution in [0, 0.1) is 17.7 Å². The van der Waals surface area contributed by atoms with Gasteiger partial charge in [-0.1, -0.05) is 30.7 Å². The molecule has 2 fully saturated rings. The molecule has 2 aromatic carbocycles. The van der Waals surface area contributed by atoms with E-state index in [1.165, 1.54) is 24.1 Å². The van der Waals surface area contributed by atoms with Crippen LogP contribution in [0.25, 0.3) is 0 Å². The molecule has 0 amide bonds. The van der Waals surface area contributed by atoms with Gasteiger partial charge in [0.15, 0.2) is 0 Å². The van der Waals surface area contributed by atoms with Crippen molar-refractivity contribution >= 4 is 0 Å². The zero-order valence-corrected chi connectivity index (χ0v) is 18.5. The van der Waals surface area contributed by atoms with E-state index in [2.05, 4.69) is 22.0 Å². The van der Waals surface area contributed by atoms with Crippen LogP contribution >= 0.6 is 0 Å². The summed E-state index contributed by atoms with van der Waals surface area (Å²) >= 11 is 0. The minimum atomic E-state index is -0.840. The maximum absolute atomic E-state index is 13.1. The number of likely N-dealkylation sites (tertiary alicyclic amines) is 1. The van der Waals surface area contributed by atoms with Gasteiger partial charge in [0, 0.05) is 50.9 Å². The molecule has 1 saturated heterocycles. The zero-order valence-electron chi connectivity index (χ0n) is 18.5. The number of benzene rings is 2. The van der Waals surface area contributed by atoms with E-state index in [-0.39, 0.29) is 17.7 Å². The lowest BCUT2D eigenvalue weighted by Crippen LogP contribution is -2.58. The summed E-state index contributed by atoms with van der Waals surface area (Å²) in [6.45, 7) is 2.97. The number of nitrogens with zero attached hydrogens (tertiary/aromatic N) is 3. The van der Waals surface area contributed by atoms with Gasteiger partial charge in [0.2, 0.25) is 0 Å². The minimum absolute atomic E-state index is 0.189. The third-order valence-corrected chi connectivity index (χ3v) is 7.11. The minimum Gasteiger partial charge on any atom is -0.489 e. The van der Waals surface area contributed by atoms with Gasteiger partial charge in [-0.3, -0.25) is 4.90 Å². The quantitative estimate of drug-likeness (QED) is 0.629. The van der Waals surface area contributed by atoms with Crippen molar-refractivity contribution in [3.63, 3.8) is 0 Å². The molecule has 0 unspecified atom stereocenters. The number of hydrogen-bond acceptors (Lipinski definition) is 4. The van der Waals surface area contributed by atoms with Gasteiger partial charge < -0.3 is 14.4 Å². The molecule has 168 valence electrons. The average molecular weight is 436 g/mol. The number of imidazole rings is 1. The molecule has 0 radical (unpaired) electrons. The van der Waals surface area contributed by atoms with E-state index < -0.39 is 5.60 Å². The summed E-state index contributed by atoms with van der Waals surface area (Å²) in [7, 11) is 1.97. The molecule has 1 aliphatic heterocycles. The first kappa shape index (κ1) is 21.2. The molecule has 32 heavy (non-hydrogen) atoms. The fraction of sp³-hybridized carbons (Fsp3) is 0.423. The van der Waals surface area contributed by atoms with Crippen LogP contribution in [-0.4, -0.2) is 32.6 Å². The highest BCUT2D eigenvalue weighted by Gasteiger charge is 2.53. The van der Waals surface area contributed by atoms with Crippen molar-refractivity contribution in [2.24, 2.45) is 18.9 Å². The van der Waals surface area contributed by atoms with Crippen LogP contribution < -0.4 is 4.74 Å². The van der Waals surface area contributed by atoms with Crippen LogP contribution in [0.3, 0.4) is 0 Å². The molecular weight excluding hydrogens is 405 g/mol. The molecule has 5 rings (SSSR count). The number of aryl methyl sites for hydroxylation is 1. The zero-order chi connectivity index (χ0) is 22.1. The molecule has 1 saturated carbocycles. The Morgan fingerprint density at radius 2 is 1.84 bits per heavy atom. The van der Waals surface area contributed by atoms with Gasteiger partial charge in [0.05, 0.1) is 0 Å². The lowest BCUT2D eigenvalue weighted by molar-refractivity contribution is -0.155. The van der Waals surface area contributed by atoms with Crippen LogP contribution in [-0.2, 0) is 25.8 Å². The van der Waals surface area contributed by atoms with E-state index in [9.17, 15) is 9.50 Å². The van der Waals surface area contributed by atoms with Gasteiger partial charge in [-0.2, -0.15) is 0 Å². The van der Waals surface area contributed by atoms with Crippen molar-refractivity contribution in [3.8, 4) is 5.75 Å². The van der Waals surface area contributed by atoms with Gasteiger partial charge in [0.25, 0.3) is 0 Å². The molecule has 1 N–H and O–H groups in total. The van der Waals surface area contributed by atoms with Gasteiger partial charge in [0.1, 0.15) is 29.6 Å². The molecule has 6 heteroatoms. The first-order valence-electron chi connectivity index (χ1n) is 11.4. The Labute approximate surface area is 188 Å². The van der Waals surface area contributed by atoms with E-state index in [0.29, 0.717) is 6.61 Å². The monoisotopic (exact) mass is 435 g/mol. The number of aliphatic hydroxyl groups is 1. The predicted octanol–water partition coefficient (Wildman–Crippen LogP) is 4.26. The summed E-state index contributed by atoms with van der Waals surface area (Å²) in [6, 6.07) is 14.6. The Morgan fingerprint density at radius 3 is 2.53 bits per heavy atom. The summed E-state index contributed by atoms with van der Waals surface area (Å²) in [4.78, 5) is 6.98. The van der Waals surface area contributed by atoms with Gasteiger partial charge in [-0.25, -0.2) is 9.37 Å². The van der Waals surface area contributed by atoms with Gasteiger partial charge >= 0.3 is 0 Å². The smallest absolute Gasteiger partial charge is 0.141 e. The van der Waals surface area contributed by atoms with Gasteiger partial charge in [-0.15, -0.1) is 0 Å². The topological polar surface area (TPSA) is 50.5 Å². The highest BCUT2D eigenvalue weighted by molar-refractivity contribution is 5.29. The summed E-state index contributed by atoms with van der Waals surface area (Å²) in [6.07, 6.45) is 6.93. The summed E-state index contributed by atoms with van der Waals surface area (Å²) < 4.78 is 21.0. The SMILES string of the molecule is Cn1ccnc1C1(O)[C@@H]2CCC[C@@H]1CN(Cc1cccc(OCc3ccc(F)cc3)c1)C2. The first-order valence-corrected chi connectivity index (χ1v) is 11.4. The third-order valence-electron chi connectivity index (χ3n) is 7.11. The van der Waals surface area contributed by atoms with Crippen LogP contribution in [0.15, 0.2) is 60.9 Å². The molecule has 2 heterocycles. The number of halogens is 1. The normalized spacial score (nSPS) is 25.6. The maximum atomic E-state index is 13.1. The van der Waals surface area contributed by atoms with E-state index in [4.69, 9.17) is 4.74 Å². The molecule has 2 atom stereocenters. The van der Waals surface area contributed by atoms with E-state index >= 15 is 0 Å². The standard InChI is InChI=1S/C26H30FN3O2/c1-29-13-12-28-25(29)26(31)21-5-3-6-22(26)17-30(16-21)15-20-4-2-7-24(14-20)32-18-19-8-10-23(27)11-9-19/h2,4,7-14,21-22,31H,3,5-6,15-18H2,1H3/t21-,22-/m1/s1. The molecular formula is C26H30FN3O2. The molecule has 1 aromatic heterocycles. The highest BCUT2D eigenvalue weighted by Crippen LogP contribution is 2.48. The lowest BCUT2D eigenvalue weighted by Gasteiger charge is -2.52. The Morgan fingerprint density at radius 1 is 1.09 bits per heavy atom. The Kier molecular flexibility index (Phi) is 5.74. The molecule has 2 aliphatic rings. The van der Waals surface area contributed by atoms with E-state index in [0.717, 1.165) is 49.6 Å². The largest absolute Gasteiger partial charge is 0.489 e. The van der Waals surface area contributed by atoms with Crippen molar-refractivity contribution in [2.45, 2.75) is 38.0 Å². The summed E-state index contributed by atoms with van der Waals surface area (Å²) in [5.74, 6) is 1.76. The van der Waals surface area contributed by atoms with Crippen LogP contribution in [0.1, 0.15) is 36.2 Å². The summed E-state index contributed by atoms with van der Waals surface area (Å²) in [5.41, 5.74) is 1.30. The number of rotatable bonds is 6. The maximum Gasteiger partial charge on any atom is 0.141 e. The van der Waals surface area contributed by atoms with Crippen LogP contribution in [0.5, 0.6) is 5.75 Å². The van der Waals surface area contributed by atoms with E-state index in [1.54, 1.807) is 18.3 Å². The number of aromatic nitrogens is 2. The number of hydrogen-bond donors (Lipinski definition) is 1. The molecule has 2 bridgehead atoms. The van der Waals surface area contributed by atoms with Crippen molar-refractivity contribution in [2.75, 3.05) is 13.1 Å². The second-order valence-corrected chi connectivity index (χ2v) is 9.27. The lowest BCUT2D eigenvalue weighted by atomic mass is 9.65. The number of ether oxygens (including phenoxy) is 1. The Hall–Kier alpha value is -2.70. The highest BCUT2D eigenvalue weighted by atomic mass is 19.1. The molecule has 1 aliphatic carbocycles. The molecule has 3 aromatic rings. The molecule has 0 spiro atoms. The second kappa shape index (κ2) is 8.68. The Balaban J connectivity index is 1.26. The second-order valence-electron chi connectivity index (χ2n) is 9.27. The van der Waals surface area contributed by atoms with Crippen LogP contribution in [0.4, 0.5) is 4.39 Å². The fourth-order valence-corrected chi connectivity index (χ4v) is 5.53. The molecule has 5 nitrogen and oxygen atoms in total.